The lowest BCUT2D eigenvalue weighted by atomic mass is 9.88. The molecule has 0 spiro atoms. The number of benzene rings is 4. The van der Waals surface area contributed by atoms with Crippen molar-refractivity contribution >= 4 is 19.8 Å². The van der Waals surface area contributed by atoms with E-state index >= 15 is 0 Å². The van der Waals surface area contributed by atoms with Crippen molar-refractivity contribution in [2.75, 3.05) is 65.6 Å². The fourth-order valence-corrected chi connectivity index (χ4v) is 7.46. The largest absolute Gasteiger partial charge is 0.790 e. The molecule has 0 atom stereocenters. The van der Waals surface area contributed by atoms with Crippen LogP contribution in [0, 0.1) is 0 Å². The van der Waals surface area contributed by atoms with Gasteiger partial charge in [-0.3, -0.25) is 9.59 Å². The fourth-order valence-electron chi connectivity index (χ4n) is 7.46. The second-order valence-corrected chi connectivity index (χ2v) is 15.0. The van der Waals surface area contributed by atoms with Crippen molar-refractivity contribution in [3.8, 4) is 23.0 Å². The molecule has 13 heteroatoms. The molecule has 0 aliphatic carbocycles. The van der Waals surface area contributed by atoms with Gasteiger partial charge in [0.1, 0.15) is 61.1 Å². The molecule has 57 heavy (non-hydrogen) atoms. The molecule has 4 aromatic rings. The van der Waals surface area contributed by atoms with Gasteiger partial charge in [-0.05, 0) is 65.8 Å². The first kappa shape index (κ1) is 45.2. The summed E-state index contributed by atoms with van der Waals surface area (Å²) >= 11 is 0. The predicted molar refractivity (Wildman–Crippen MR) is 215 cm³/mol. The monoisotopic (exact) mass is 804 g/mol. The van der Waals surface area contributed by atoms with E-state index in [4.69, 9.17) is 38.2 Å². The van der Waals surface area contributed by atoms with Crippen LogP contribution in [0.2, 0.25) is 0 Å². The lowest BCUT2D eigenvalue weighted by molar-refractivity contribution is -0.923. The Morgan fingerprint density at radius 2 is 0.772 bits per heavy atom. The van der Waals surface area contributed by atoms with Crippen LogP contribution >= 0.6 is 7.82 Å². The van der Waals surface area contributed by atoms with Crippen molar-refractivity contribution in [2.45, 2.75) is 53.4 Å². The summed E-state index contributed by atoms with van der Waals surface area (Å²) in [7, 11) is -5.14. The fraction of sp³-hybridized carbons (Fsp3) is 0.409. The van der Waals surface area contributed by atoms with E-state index < -0.39 is 19.7 Å². The van der Waals surface area contributed by atoms with Gasteiger partial charge >= 0.3 is 11.9 Å². The average molecular weight is 805 g/mol. The second kappa shape index (κ2) is 20.7. The van der Waals surface area contributed by atoms with Gasteiger partial charge in [0.15, 0.2) is 0 Å². The van der Waals surface area contributed by atoms with Crippen molar-refractivity contribution in [3.63, 3.8) is 0 Å². The molecule has 12 nitrogen and oxygen atoms in total. The number of para-hydroxylation sites is 4. The standard InChI is InChI=1S/2C22H28NO3.H3O4P/c2*1-4-23(5-2,6-3)15-16-25-22(24)21-17-11-7-9-13-19(17)26-20-14-10-8-12-18(20)21;1-5(2,3)4/h2*7-14,21H,4-6,15-16H2,1-3H3;(H3,1,2,3,4)/q2*+1;/p-2. The van der Waals surface area contributed by atoms with Crippen LogP contribution in [-0.4, -0.2) is 91.4 Å². The van der Waals surface area contributed by atoms with Gasteiger partial charge in [0.2, 0.25) is 0 Å². The first-order valence-corrected chi connectivity index (χ1v) is 21.3. The number of likely N-dealkylation sites (N-methyl/N-ethyl adjacent to an activating group) is 2. The highest BCUT2D eigenvalue weighted by Gasteiger charge is 2.35. The Labute approximate surface area is 337 Å². The van der Waals surface area contributed by atoms with Gasteiger partial charge in [-0.1, -0.05) is 72.8 Å². The molecule has 0 bridgehead atoms. The maximum atomic E-state index is 13.0. The summed E-state index contributed by atoms with van der Waals surface area (Å²) < 4.78 is 34.0. The van der Waals surface area contributed by atoms with Crippen molar-refractivity contribution in [1.29, 1.82) is 0 Å². The van der Waals surface area contributed by atoms with Crippen molar-refractivity contribution in [1.82, 2.24) is 0 Å². The van der Waals surface area contributed by atoms with Crippen LogP contribution in [0.4, 0.5) is 0 Å². The Kier molecular flexibility index (Phi) is 16.4. The number of fused-ring (bicyclic) bond motifs is 4. The molecule has 0 aromatic heterocycles. The molecule has 0 radical (unpaired) electrons. The van der Waals surface area contributed by atoms with Gasteiger partial charge < -0.3 is 47.2 Å². The van der Waals surface area contributed by atoms with E-state index in [0.717, 1.165) is 107 Å². The number of hydrogen-bond donors (Lipinski definition) is 1. The van der Waals surface area contributed by atoms with E-state index in [1.165, 1.54) is 0 Å². The number of phosphoric acid groups is 1. The third-order valence-corrected chi connectivity index (χ3v) is 11.5. The molecule has 1 N–H and O–H groups in total. The number of hydrogen-bond acceptors (Lipinski definition) is 9. The van der Waals surface area contributed by atoms with Gasteiger partial charge in [-0.15, -0.1) is 0 Å². The van der Waals surface area contributed by atoms with Crippen molar-refractivity contribution in [3.05, 3.63) is 119 Å². The minimum Gasteiger partial charge on any atom is -0.790 e. The summed E-state index contributed by atoms with van der Waals surface area (Å²) in [6, 6.07) is 30.8. The Balaban J connectivity index is 0.000000226. The van der Waals surface area contributed by atoms with Crippen molar-refractivity contribution in [2.24, 2.45) is 0 Å². The van der Waals surface area contributed by atoms with Crippen LogP contribution < -0.4 is 19.3 Å². The summed E-state index contributed by atoms with van der Waals surface area (Å²) in [6.07, 6.45) is 0. The highest BCUT2D eigenvalue weighted by atomic mass is 31.2. The molecule has 0 saturated heterocycles. The third kappa shape index (κ3) is 11.8. The summed E-state index contributed by atoms with van der Waals surface area (Å²) in [5.74, 6) is 1.67. The molecule has 0 unspecified atom stereocenters. The minimum atomic E-state index is -5.14. The highest BCUT2D eigenvalue weighted by Crippen LogP contribution is 2.45. The van der Waals surface area contributed by atoms with Crippen molar-refractivity contribution < 1.29 is 56.7 Å². The zero-order chi connectivity index (χ0) is 41.6. The van der Waals surface area contributed by atoms with Crippen LogP contribution in [0.25, 0.3) is 0 Å². The number of rotatable bonds is 14. The molecule has 2 aliphatic rings. The summed E-state index contributed by atoms with van der Waals surface area (Å²) in [5, 5.41) is 0. The summed E-state index contributed by atoms with van der Waals surface area (Å²) in [6.45, 7) is 22.0. The Bertz CT molecular complexity index is 1730. The molecule has 4 aromatic carbocycles. The number of esters is 2. The second-order valence-electron chi connectivity index (χ2n) is 14.1. The highest BCUT2D eigenvalue weighted by molar-refractivity contribution is 7.42. The Morgan fingerprint density at radius 1 is 0.544 bits per heavy atom. The van der Waals surface area contributed by atoms with E-state index in [0.29, 0.717) is 13.2 Å². The van der Waals surface area contributed by atoms with Crippen LogP contribution in [-0.2, 0) is 23.6 Å². The molecular weight excluding hydrogens is 747 g/mol. The Morgan fingerprint density at radius 3 is 1.00 bits per heavy atom. The smallest absolute Gasteiger partial charge is 0.318 e. The van der Waals surface area contributed by atoms with Gasteiger partial charge in [0.25, 0.3) is 0 Å². The quantitative estimate of drug-likeness (QED) is 0.0850. The van der Waals surface area contributed by atoms with Gasteiger partial charge in [-0.2, -0.15) is 0 Å². The minimum absolute atomic E-state index is 0.199. The topological polar surface area (TPSA) is 154 Å². The molecule has 2 aliphatic heterocycles. The van der Waals surface area contributed by atoms with Crippen LogP contribution in [0.1, 0.15) is 75.6 Å². The van der Waals surface area contributed by atoms with E-state index in [-0.39, 0.29) is 11.9 Å². The first-order valence-electron chi connectivity index (χ1n) is 19.8. The first-order chi connectivity index (χ1) is 27.3. The lowest BCUT2D eigenvalue weighted by Gasteiger charge is -2.35. The molecule has 0 amide bonds. The summed E-state index contributed by atoms with van der Waals surface area (Å²) in [4.78, 5) is 50.3. The normalized spacial score (nSPS) is 13.4. The van der Waals surface area contributed by atoms with Gasteiger partial charge in [0, 0.05) is 22.3 Å². The zero-order valence-corrected chi connectivity index (χ0v) is 34.8. The van der Waals surface area contributed by atoms with E-state index in [1.807, 2.05) is 97.1 Å². The summed E-state index contributed by atoms with van der Waals surface area (Å²) in [5.41, 5.74) is 3.49. The number of ether oxygens (including phenoxy) is 4. The number of quaternary nitrogens is 2. The molecule has 6 rings (SSSR count). The van der Waals surface area contributed by atoms with Gasteiger partial charge in [-0.25, -0.2) is 0 Å². The maximum absolute atomic E-state index is 13.0. The third-order valence-electron chi connectivity index (χ3n) is 11.5. The van der Waals surface area contributed by atoms with Crippen LogP contribution in [0.3, 0.4) is 0 Å². The number of carbonyl (C=O) groups excluding carboxylic acids is 2. The molecule has 0 saturated carbocycles. The molecule has 0 fully saturated rings. The number of carbonyl (C=O) groups is 2. The number of nitrogens with zero attached hydrogens (tertiary/aromatic N) is 2. The van der Waals surface area contributed by atoms with Crippen LogP contribution in [0.15, 0.2) is 97.1 Å². The van der Waals surface area contributed by atoms with Gasteiger partial charge in [0.05, 0.1) is 47.1 Å². The lowest BCUT2D eigenvalue weighted by Crippen LogP contribution is -2.49. The molecule has 308 valence electrons. The predicted octanol–water partition coefficient (Wildman–Crippen LogP) is 6.50. The average Bonchev–Trinajstić information content (AvgIpc) is 3.22. The zero-order valence-electron chi connectivity index (χ0n) is 33.9. The van der Waals surface area contributed by atoms with E-state index in [9.17, 15) is 9.59 Å². The van der Waals surface area contributed by atoms with Crippen LogP contribution in [0.5, 0.6) is 23.0 Å². The SMILES string of the molecule is CC[N+](CC)(CC)CCOC(=O)C1c2ccccc2Oc2ccccc21.CC[N+](CC)(CC)CCOC(=O)C1c2ccccc2Oc2ccccc21.O=P([O-])([O-])O. The van der Waals surface area contributed by atoms with E-state index in [2.05, 4.69) is 41.5 Å². The maximum Gasteiger partial charge on any atom is 0.318 e. The van der Waals surface area contributed by atoms with E-state index in [1.54, 1.807) is 0 Å². The molecule has 2 heterocycles. The molecular formula is C44H57N2O10P. The Hall–Kier alpha value is -4.55.